The lowest BCUT2D eigenvalue weighted by atomic mass is 9.93. The van der Waals surface area contributed by atoms with E-state index in [1.165, 1.54) is 0 Å². The topological polar surface area (TPSA) is 30.0 Å². The Kier molecular flexibility index (Phi) is 3.83. The summed E-state index contributed by atoms with van der Waals surface area (Å²) < 4.78 is 0. The SMILES string of the molecule is Cc1c(C(=O)S)cccc1-c1nc(C(C)(C)C)cs1. The second kappa shape index (κ2) is 5.10. The van der Waals surface area contributed by atoms with Crippen LogP contribution in [0.3, 0.4) is 0 Å². The summed E-state index contributed by atoms with van der Waals surface area (Å²) in [5, 5.41) is 2.84. The molecular weight excluding hydrogens is 274 g/mol. The van der Waals surface area contributed by atoms with Gasteiger partial charge in [0.1, 0.15) is 5.01 Å². The maximum Gasteiger partial charge on any atom is 0.216 e. The Morgan fingerprint density at radius 2 is 2.00 bits per heavy atom. The third-order valence-corrected chi connectivity index (χ3v) is 4.18. The Hall–Kier alpha value is -1.13. The minimum atomic E-state index is -0.202. The first-order valence-electron chi connectivity index (χ1n) is 6.10. The Morgan fingerprint density at radius 1 is 1.32 bits per heavy atom. The number of hydrogen-bond donors (Lipinski definition) is 1. The van der Waals surface area contributed by atoms with E-state index in [0.717, 1.165) is 21.8 Å². The van der Waals surface area contributed by atoms with Crippen LogP contribution in [0.1, 0.15) is 42.4 Å². The van der Waals surface area contributed by atoms with Crippen LogP contribution in [-0.4, -0.2) is 10.1 Å². The molecule has 4 heteroatoms. The number of carbonyl (C=O) groups excluding carboxylic acids is 1. The first-order chi connectivity index (χ1) is 8.80. The van der Waals surface area contributed by atoms with E-state index in [-0.39, 0.29) is 10.5 Å². The zero-order valence-electron chi connectivity index (χ0n) is 11.5. The van der Waals surface area contributed by atoms with Gasteiger partial charge in [0.05, 0.1) is 5.69 Å². The van der Waals surface area contributed by atoms with Gasteiger partial charge in [-0.15, -0.1) is 24.0 Å². The van der Waals surface area contributed by atoms with E-state index < -0.39 is 0 Å². The number of hydrogen-bond acceptors (Lipinski definition) is 3. The van der Waals surface area contributed by atoms with Crippen LogP contribution in [-0.2, 0) is 5.41 Å². The molecule has 2 aromatic rings. The summed E-state index contributed by atoms with van der Waals surface area (Å²) in [6.45, 7) is 8.38. The Morgan fingerprint density at radius 3 is 2.53 bits per heavy atom. The minimum absolute atomic E-state index is 0.0413. The lowest BCUT2D eigenvalue weighted by Crippen LogP contribution is -2.11. The van der Waals surface area contributed by atoms with E-state index in [9.17, 15) is 4.79 Å². The number of aromatic nitrogens is 1. The standard InChI is InChI=1S/C15H17NOS2/c1-9-10(6-5-7-11(9)14(17)18)13-16-12(8-19-13)15(2,3)4/h5-8H,1-4H3,(H,17,18). The molecular formula is C15H17NOS2. The number of thiol groups is 1. The molecule has 0 aliphatic rings. The van der Waals surface area contributed by atoms with E-state index >= 15 is 0 Å². The van der Waals surface area contributed by atoms with Crippen LogP contribution >= 0.6 is 24.0 Å². The van der Waals surface area contributed by atoms with Crippen molar-refractivity contribution >= 4 is 29.1 Å². The molecule has 0 unspecified atom stereocenters. The lowest BCUT2D eigenvalue weighted by molar-refractivity contribution is 0.109. The van der Waals surface area contributed by atoms with Crippen molar-refractivity contribution in [2.24, 2.45) is 0 Å². The van der Waals surface area contributed by atoms with Crippen LogP contribution in [0.2, 0.25) is 0 Å². The smallest absolute Gasteiger partial charge is 0.216 e. The summed E-state index contributed by atoms with van der Waals surface area (Å²) in [4.78, 5) is 16.2. The highest BCUT2D eigenvalue weighted by Gasteiger charge is 2.19. The van der Waals surface area contributed by atoms with Crippen molar-refractivity contribution in [2.75, 3.05) is 0 Å². The molecule has 0 saturated carbocycles. The van der Waals surface area contributed by atoms with Crippen molar-refractivity contribution in [2.45, 2.75) is 33.1 Å². The number of carbonyl (C=O) groups is 1. The molecule has 19 heavy (non-hydrogen) atoms. The zero-order valence-corrected chi connectivity index (χ0v) is 13.2. The van der Waals surface area contributed by atoms with Crippen molar-refractivity contribution in [3.63, 3.8) is 0 Å². The average Bonchev–Trinajstić information content (AvgIpc) is 2.77. The normalized spacial score (nSPS) is 11.6. The number of nitrogens with zero attached hydrogens (tertiary/aromatic N) is 1. The molecule has 2 nitrogen and oxygen atoms in total. The molecule has 0 bridgehead atoms. The highest BCUT2D eigenvalue weighted by atomic mass is 32.1. The summed E-state index contributed by atoms with van der Waals surface area (Å²) in [7, 11) is 0. The predicted octanol–water partition coefficient (Wildman–Crippen LogP) is 4.49. The second-order valence-electron chi connectivity index (χ2n) is 5.57. The first-order valence-corrected chi connectivity index (χ1v) is 7.42. The Labute approximate surface area is 123 Å². The van der Waals surface area contributed by atoms with Crippen molar-refractivity contribution in [3.05, 3.63) is 40.4 Å². The summed E-state index contributed by atoms with van der Waals surface area (Å²) >= 11 is 5.53. The monoisotopic (exact) mass is 291 g/mol. The van der Waals surface area contributed by atoms with E-state index in [2.05, 4.69) is 38.8 Å². The highest BCUT2D eigenvalue weighted by molar-refractivity contribution is 7.97. The van der Waals surface area contributed by atoms with Gasteiger partial charge in [-0.05, 0) is 12.5 Å². The molecule has 0 amide bonds. The molecule has 0 N–H and O–H groups in total. The molecule has 100 valence electrons. The highest BCUT2D eigenvalue weighted by Crippen LogP contribution is 2.32. The van der Waals surface area contributed by atoms with E-state index in [1.807, 2.05) is 19.1 Å². The van der Waals surface area contributed by atoms with Crippen LogP contribution in [0, 0.1) is 6.92 Å². The molecule has 0 fully saturated rings. The van der Waals surface area contributed by atoms with Crippen molar-refractivity contribution in [1.82, 2.24) is 4.98 Å². The summed E-state index contributed by atoms with van der Waals surface area (Å²) in [6, 6.07) is 5.68. The van der Waals surface area contributed by atoms with Crippen molar-refractivity contribution in [1.29, 1.82) is 0 Å². The largest absolute Gasteiger partial charge is 0.282 e. The molecule has 1 aromatic carbocycles. The van der Waals surface area contributed by atoms with E-state index in [0.29, 0.717) is 5.56 Å². The fourth-order valence-corrected chi connectivity index (χ4v) is 3.21. The summed E-state index contributed by atoms with van der Waals surface area (Å²) in [5.41, 5.74) is 3.72. The quantitative estimate of drug-likeness (QED) is 0.826. The first kappa shape index (κ1) is 14.3. The van der Waals surface area contributed by atoms with Gasteiger partial charge in [0.25, 0.3) is 0 Å². The number of thiazole rings is 1. The number of rotatable bonds is 2. The summed E-state index contributed by atoms with van der Waals surface area (Å²) in [6.07, 6.45) is 0. The van der Waals surface area contributed by atoms with Gasteiger partial charge < -0.3 is 0 Å². The van der Waals surface area contributed by atoms with Gasteiger partial charge in [-0.25, -0.2) is 4.98 Å². The van der Waals surface area contributed by atoms with Gasteiger partial charge in [-0.1, -0.05) is 39.0 Å². The van der Waals surface area contributed by atoms with Crippen LogP contribution in [0.4, 0.5) is 0 Å². The Balaban J connectivity index is 2.51. The van der Waals surface area contributed by atoms with Gasteiger partial charge in [0, 0.05) is 21.9 Å². The molecule has 0 aliphatic heterocycles. The molecule has 0 aliphatic carbocycles. The van der Waals surface area contributed by atoms with E-state index in [1.54, 1.807) is 17.4 Å². The summed E-state index contributed by atoms with van der Waals surface area (Å²) in [5.74, 6) is 0. The van der Waals surface area contributed by atoms with Crippen LogP contribution < -0.4 is 0 Å². The maximum atomic E-state index is 11.5. The molecule has 1 heterocycles. The van der Waals surface area contributed by atoms with Gasteiger partial charge in [-0.2, -0.15) is 0 Å². The third-order valence-electron chi connectivity index (χ3n) is 3.07. The zero-order chi connectivity index (χ0) is 14.2. The van der Waals surface area contributed by atoms with Gasteiger partial charge in [0.15, 0.2) is 0 Å². The van der Waals surface area contributed by atoms with Crippen LogP contribution in [0.5, 0.6) is 0 Å². The molecule has 0 spiro atoms. The van der Waals surface area contributed by atoms with E-state index in [4.69, 9.17) is 4.98 Å². The average molecular weight is 291 g/mol. The second-order valence-corrected chi connectivity index (χ2v) is 6.84. The molecule has 0 saturated heterocycles. The van der Waals surface area contributed by atoms with Crippen molar-refractivity contribution in [3.8, 4) is 10.6 Å². The molecule has 2 rings (SSSR count). The fourth-order valence-electron chi connectivity index (χ4n) is 1.84. The fraction of sp³-hybridized carbons (Fsp3) is 0.333. The van der Waals surface area contributed by atoms with Crippen molar-refractivity contribution < 1.29 is 4.79 Å². The van der Waals surface area contributed by atoms with Crippen LogP contribution in [0.25, 0.3) is 10.6 Å². The van der Waals surface area contributed by atoms with Crippen LogP contribution in [0.15, 0.2) is 23.6 Å². The van der Waals surface area contributed by atoms with Gasteiger partial charge in [0.2, 0.25) is 5.12 Å². The predicted molar refractivity (Wildman–Crippen MR) is 84.3 cm³/mol. The number of benzene rings is 1. The lowest BCUT2D eigenvalue weighted by Gasteiger charge is -2.14. The Bertz CT molecular complexity index is 623. The maximum absolute atomic E-state index is 11.5. The molecule has 1 aromatic heterocycles. The van der Waals surface area contributed by atoms with Gasteiger partial charge in [-0.3, -0.25) is 4.79 Å². The molecule has 0 atom stereocenters. The molecule has 0 radical (unpaired) electrons. The van der Waals surface area contributed by atoms with Gasteiger partial charge >= 0.3 is 0 Å². The minimum Gasteiger partial charge on any atom is -0.282 e. The third kappa shape index (κ3) is 2.90.